The minimum absolute atomic E-state index is 0.750. The SMILES string of the molecule is Cc1cccc(N(CCCN)CCN2CCOCC2)c1. The number of nitrogens with zero attached hydrogens (tertiary/aromatic N) is 2. The highest BCUT2D eigenvalue weighted by Crippen LogP contribution is 2.16. The van der Waals surface area contributed by atoms with Crippen molar-refractivity contribution >= 4 is 5.69 Å². The average Bonchev–Trinajstić information content (AvgIpc) is 2.48. The van der Waals surface area contributed by atoms with E-state index in [1.165, 1.54) is 11.3 Å². The summed E-state index contributed by atoms with van der Waals surface area (Å²) in [5.41, 5.74) is 8.29. The van der Waals surface area contributed by atoms with E-state index in [1.54, 1.807) is 0 Å². The topological polar surface area (TPSA) is 41.7 Å². The molecular weight excluding hydrogens is 250 g/mol. The number of benzene rings is 1. The van der Waals surface area contributed by atoms with Crippen LogP contribution in [-0.2, 0) is 4.74 Å². The summed E-state index contributed by atoms with van der Waals surface area (Å²) >= 11 is 0. The van der Waals surface area contributed by atoms with E-state index in [1.807, 2.05) is 0 Å². The van der Waals surface area contributed by atoms with Crippen LogP contribution in [0.25, 0.3) is 0 Å². The Kier molecular flexibility index (Phi) is 6.30. The zero-order valence-electron chi connectivity index (χ0n) is 12.6. The molecule has 0 spiro atoms. The minimum Gasteiger partial charge on any atom is -0.379 e. The zero-order valence-corrected chi connectivity index (χ0v) is 12.6. The Bertz CT molecular complexity index is 391. The molecule has 0 unspecified atom stereocenters. The monoisotopic (exact) mass is 277 g/mol. The molecule has 0 aliphatic carbocycles. The van der Waals surface area contributed by atoms with E-state index in [-0.39, 0.29) is 0 Å². The molecule has 0 radical (unpaired) electrons. The van der Waals surface area contributed by atoms with Crippen molar-refractivity contribution in [3.05, 3.63) is 29.8 Å². The second-order valence-corrected chi connectivity index (χ2v) is 5.42. The van der Waals surface area contributed by atoms with Gasteiger partial charge >= 0.3 is 0 Å². The number of nitrogens with two attached hydrogens (primary N) is 1. The average molecular weight is 277 g/mol. The lowest BCUT2D eigenvalue weighted by molar-refractivity contribution is 0.0391. The molecule has 1 aromatic rings. The second kappa shape index (κ2) is 8.25. The van der Waals surface area contributed by atoms with Crippen LogP contribution in [0, 0.1) is 6.92 Å². The zero-order chi connectivity index (χ0) is 14.2. The van der Waals surface area contributed by atoms with E-state index >= 15 is 0 Å². The predicted molar refractivity (Wildman–Crippen MR) is 84.3 cm³/mol. The molecule has 1 aliphatic rings. The van der Waals surface area contributed by atoms with Gasteiger partial charge in [-0.25, -0.2) is 0 Å². The standard InChI is InChI=1S/C16H27N3O/c1-15-4-2-5-16(14-15)19(7-3-6-17)9-8-18-10-12-20-13-11-18/h2,4-5,14H,3,6-13,17H2,1H3. The van der Waals surface area contributed by atoms with Gasteiger partial charge in [-0.1, -0.05) is 12.1 Å². The largest absolute Gasteiger partial charge is 0.379 e. The van der Waals surface area contributed by atoms with Crippen LogP contribution in [-0.4, -0.2) is 57.4 Å². The Morgan fingerprint density at radius 2 is 2.05 bits per heavy atom. The van der Waals surface area contributed by atoms with Crippen LogP contribution in [0.5, 0.6) is 0 Å². The summed E-state index contributed by atoms with van der Waals surface area (Å²) < 4.78 is 5.40. The minimum atomic E-state index is 0.750. The van der Waals surface area contributed by atoms with Crippen LogP contribution in [0.15, 0.2) is 24.3 Å². The Balaban J connectivity index is 1.92. The molecule has 4 nitrogen and oxygen atoms in total. The van der Waals surface area contributed by atoms with E-state index < -0.39 is 0 Å². The summed E-state index contributed by atoms with van der Waals surface area (Å²) in [5.74, 6) is 0. The normalized spacial score (nSPS) is 16.3. The quantitative estimate of drug-likeness (QED) is 0.820. The fourth-order valence-corrected chi connectivity index (χ4v) is 2.56. The summed E-state index contributed by atoms with van der Waals surface area (Å²) in [6.45, 7) is 9.93. The van der Waals surface area contributed by atoms with Crippen molar-refractivity contribution in [1.82, 2.24) is 4.90 Å². The number of anilines is 1. The molecule has 2 N–H and O–H groups in total. The lowest BCUT2D eigenvalue weighted by atomic mass is 10.2. The first-order chi connectivity index (χ1) is 9.79. The van der Waals surface area contributed by atoms with Gasteiger partial charge in [0.15, 0.2) is 0 Å². The second-order valence-electron chi connectivity index (χ2n) is 5.42. The van der Waals surface area contributed by atoms with E-state index in [0.717, 1.165) is 58.9 Å². The number of aryl methyl sites for hydroxylation is 1. The highest BCUT2D eigenvalue weighted by molar-refractivity contribution is 5.48. The van der Waals surface area contributed by atoms with Crippen molar-refractivity contribution in [2.24, 2.45) is 5.73 Å². The van der Waals surface area contributed by atoms with Crippen LogP contribution in [0.2, 0.25) is 0 Å². The third kappa shape index (κ3) is 4.78. The van der Waals surface area contributed by atoms with E-state index in [2.05, 4.69) is 41.0 Å². The van der Waals surface area contributed by atoms with Crippen molar-refractivity contribution < 1.29 is 4.74 Å². The van der Waals surface area contributed by atoms with Crippen molar-refractivity contribution in [3.8, 4) is 0 Å². The highest BCUT2D eigenvalue weighted by Gasteiger charge is 2.12. The number of rotatable bonds is 7. The third-order valence-corrected chi connectivity index (χ3v) is 3.79. The summed E-state index contributed by atoms with van der Waals surface area (Å²) in [5, 5.41) is 0. The van der Waals surface area contributed by atoms with E-state index in [9.17, 15) is 0 Å². The van der Waals surface area contributed by atoms with Gasteiger partial charge in [-0.05, 0) is 37.6 Å². The number of morpholine rings is 1. The summed E-state index contributed by atoms with van der Waals surface area (Å²) in [6.07, 6.45) is 1.04. The Labute approximate surface area is 122 Å². The number of hydrogen-bond donors (Lipinski definition) is 1. The molecule has 1 aromatic carbocycles. The Hall–Kier alpha value is -1.10. The fraction of sp³-hybridized carbons (Fsp3) is 0.625. The van der Waals surface area contributed by atoms with Crippen LogP contribution >= 0.6 is 0 Å². The van der Waals surface area contributed by atoms with Gasteiger partial charge in [-0.15, -0.1) is 0 Å². The van der Waals surface area contributed by atoms with Crippen molar-refractivity contribution in [2.75, 3.05) is 57.4 Å². The Morgan fingerprint density at radius 3 is 2.75 bits per heavy atom. The molecule has 1 saturated heterocycles. The van der Waals surface area contributed by atoms with Gasteiger partial charge in [0.1, 0.15) is 0 Å². The van der Waals surface area contributed by atoms with Gasteiger partial charge in [-0.3, -0.25) is 4.90 Å². The molecule has 0 aromatic heterocycles. The van der Waals surface area contributed by atoms with Gasteiger partial charge in [-0.2, -0.15) is 0 Å². The lowest BCUT2D eigenvalue weighted by Crippen LogP contribution is -2.42. The first-order valence-electron chi connectivity index (χ1n) is 7.61. The smallest absolute Gasteiger partial charge is 0.0594 e. The molecule has 2 rings (SSSR count). The van der Waals surface area contributed by atoms with Gasteiger partial charge in [0.05, 0.1) is 13.2 Å². The maximum Gasteiger partial charge on any atom is 0.0594 e. The summed E-state index contributed by atoms with van der Waals surface area (Å²) in [7, 11) is 0. The molecular formula is C16H27N3O. The Morgan fingerprint density at radius 1 is 1.25 bits per heavy atom. The summed E-state index contributed by atoms with van der Waals surface area (Å²) in [4.78, 5) is 4.93. The van der Waals surface area contributed by atoms with Gasteiger partial charge in [0, 0.05) is 38.4 Å². The molecule has 1 aliphatic heterocycles. The molecule has 112 valence electrons. The van der Waals surface area contributed by atoms with Crippen LogP contribution in [0.4, 0.5) is 5.69 Å². The molecule has 1 heterocycles. The summed E-state index contributed by atoms with van der Waals surface area (Å²) in [6, 6.07) is 8.74. The maximum absolute atomic E-state index is 5.67. The number of ether oxygens (including phenoxy) is 1. The molecule has 0 amide bonds. The molecule has 0 saturated carbocycles. The molecule has 20 heavy (non-hydrogen) atoms. The number of hydrogen-bond acceptors (Lipinski definition) is 4. The first-order valence-corrected chi connectivity index (χ1v) is 7.61. The van der Waals surface area contributed by atoms with E-state index in [4.69, 9.17) is 10.5 Å². The van der Waals surface area contributed by atoms with Gasteiger partial charge in [0.25, 0.3) is 0 Å². The van der Waals surface area contributed by atoms with Crippen LogP contribution in [0.1, 0.15) is 12.0 Å². The molecule has 0 atom stereocenters. The van der Waals surface area contributed by atoms with Gasteiger partial charge in [0.2, 0.25) is 0 Å². The van der Waals surface area contributed by atoms with Crippen molar-refractivity contribution in [3.63, 3.8) is 0 Å². The molecule has 1 fully saturated rings. The van der Waals surface area contributed by atoms with Crippen LogP contribution < -0.4 is 10.6 Å². The third-order valence-electron chi connectivity index (χ3n) is 3.79. The van der Waals surface area contributed by atoms with Crippen molar-refractivity contribution in [1.29, 1.82) is 0 Å². The van der Waals surface area contributed by atoms with Gasteiger partial charge < -0.3 is 15.4 Å². The first kappa shape index (κ1) is 15.3. The molecule has 0 bridgehead atoms. The molecule has 4 heteroatoms. The van der Waals surface area contributed by atoms with E-state index in [0.29, 0.717) is 0 Å². The predicted octanol–water partition coefficient (Wildman–Crippen LogP) is 1.48. The maximum atomic E-state index is 5.67. The van der Waals surface area contributed by atoms with Crippen LogP contribution in [0.3, 0.4) is 0 Å². The highest BCUT2D eigenvalue weighted by atomic mass is 16.5. The van der Waals surface area contributed by atoms with Crippen molar-refractivity contribution in [2.45, 2.75) is 13.3 Å². The fourth-order valence-electron chi connectivity index (χ4n) is 2.56. The lowest BCUT2D eigenvalue weighted by Gasteiger charge is -2.31.